The number of rotatable bonds is 5. The fourth-order valence-electron chi connectivity index (χ4n) is 2.59. The highest BCUT2D eigenvalue weighted by Crippen LogP contribution is 2.18. The van der Waals surface area contributed by atoms with Gasteiger partial charge in [-0.3, -0.25) is 4.90 Å². The summed E-state index contributed by atoms with van der Waals surface area (Å²) in [6.07, 6.45) is 2.46. The topological polar surface area (TPSA) is 51.6 Å². The van der Waals surface area contributed by atoms with Gasteiger partial charge >= 0.3 is 0 Å². The van der Waals surface area contributed by atoms with Crippen molar-refractivity contribution in [1.29, 1.82) is 0 Å². The third-order valence-corrected chi connectivity index (χ3v) is 3.51. The van der Waals surface area contributed by atoms with Crippen molar-refractivity contribution < 1.29 is 9.15 Å². The van der Waals surface area contributed by atoms with E-state index in [2.05, 4.69) is 18.0 Å². The smallest absolute Gasteiger partial charge is 0.120 e. The molecule has 1 aliphatic rings. The molecule has 1 atom stereocenters. The van der Waals surface area contributed by atoms with Crippen LogP contribution in [0.1, 0.15) is 29.9 Å². The first-order valence-electron chi connectivity index (χ1n) is 6.73. The third kappa shape index (κ3) is 3.57. The number of nitrogens with two attached hydrogens (primary N) is 1. The number of nitrogens with zero attached hydrogens (tertiary/aromatic N) is 1. The molecular formula is C14H24N2O2. The van der Waals surface area contributed by atoms with Gasteiger partial charge < -0.3 is 14.9 Å². The minimum Gasteiger partial charge on any atom is -0.463 e. The second kappa shape index (κ2) is 6.36. The summed E-state index contributed by atoms with van der Waals surface area (Å²) in [7, 11) is 2.13. The van der Waals surface area contributed by atoms with Gasteiger partial charge in [0.15, 0.2) is 0 Å². The van der Waals surface area contributed by atoms with Gasteiger partial charge in [0.1, 0.15) is 11.5 Å². The molecule has 0 bridgehead atoms. The van der Waals surface area contributed by atoms with Gasteiger partial charge in [0, 0.05) is 13.2 Å². The lowest BCUT2D eigenvalue weighted by Gasteiger charge is -2.26. The molecule has 0 spiro atoms. The molecular weight excluding hydrogens is 228 g/mol. The third-order valence-electron chi connectivity index (χ3n) is 3.51. The summed E-state index contributed by atoms with van der Waals surface area (Å²) in [6.45, 7) is 6.26. The second-order valence-corrected chi connectivity index (χ2v) is 5.30. The van der Waals surface area contributed by atoms with E-state index >= 15 is 0 Å². The average molecular weight is 252 g/mol. The van der Waals surface area contributed by atoms with E-state index in [1.54, 1.807) is 0 Å². The molecule has 1 aliphatic heterocycles. The molecule has 2 rings (SSSR count). The Labute approximate surface area is 109 Å². The fourth-order valence-corrected chi connectivity index (χ4v) is 2.59. The normalized spacial score (nSPS) is 20.6. The standard InChI is InChI=1S/C14H24N2O2/c1-11-6-13(18-14(11)7-15)9-16(2)8-12-4-3-5-17-10-12/h6,12H,3-5,7-10,15H2,1-2H3. The number of hydrogen-bond donors (Lipinski definition) is 1. The number of ether oxygens (including phenoxy) is 1. The first kappa shape index (κ1) is 13.6. The number of furan rings is 1. The van der Waals surface area contributed by atoms with Crippen molar-refractivity contribution in [2.45, 2.75) is 32.9 Å². The van der Waals surface area contributed by atoms with Crippen LogP contribution >= 0.6 is 0 Å². The Morgan fingerprint density at radius 1 is 1.50 bits per heavy atom. The van der Waals surface area contributed by atoms with E-state index in [4.69, 9.17) is 14.9 Å². The highest BCUT2D eigenvalue weighted by atomic mass is 16.5. The Morgan fingerprint density at radius 3 is 2.94 bits per heavy atom. The summed E-state index contributed by atoms with van der Waals surface area (Å²) in [4.78, 5) is 2.30. The van der Waals surface area contributed by atoms with Crippen LogP contribution in [-0.4, -0.2) is 31.7 Å². The van der Waals surface area contributed by atoms with E-state index in [0.29, 0.717) is 12.5 Å². The summed E-state index contributed by atoms with van der Waals surface area (Å²) >= 11 is 0. The first-order valence-corrected chi connectivity index (χ1v) is 6.73. The maximum atomic E-state index is 5.73. The zero-order chi connectivity index (χ0) is 13.0. The molecule has 0 aromatic carbocycles. The summed E-state index contributed by atoms with van der Waals surface area (Å²) < 4.78 is 11.2. The van der Waals surface area contributed by atoms with Gasteiger partial charge in [-0.1, -0.05) is 0 Å². The summed E-state index contributed by atoms with van der Waals surface area (Å²) in [5, 5.41) is 0. The molecule has 4 nitrogen and oxygen atoms in total. The molecule has 1 fully saturated rings. The van der Waals surface area contributed by atoms with Crippen LogP contribution in [0.5, 0.6) is 0 Å². The summed E-state index contributed by atoms with van der Waals surface area (Å²) in [5.41, 5.74) is 6.77. The van der Waals surface area contributed by atoms with Gasteiger partial charge in [-0.15, -0.1) is 0 Å². The lowest BCUT2D eigenvalue weighted by atomic mass is 10.0. The van der Waals surface area contributed by atoms with Crippen molar-refractivity contribution in [1.82, 2.24) is 4.90 Å². The predicted molar refractivity (Wildman–Crippen MR) is 71.2 cm³/mol. The lowest BCUT2D eigenvalue weighted by molar-refractivity contribution is 0.0403. The van der Waals surface area contributed by atoms with E-state index < -0.39 is 0 Å². The Bertz CT molecular complexity index is 370. The number of hydrogen-bond acceptors (Lipinski definition) is 4. The van der Waals surface area contributed by atoms with E-state index in [-0.39, 0.29) is 0 Å². The predicted octanol–water partition coefficient (Wildman–Crippen LogP) is 1.91. The van der Waals surface area contributed by atoms with E-state index in [0.717, 1.165) is 43.4 Å². The Kier molecular flexibility index (Phi) is 4.80. The SMILES string of the molecule is Cc1cc(CN(C)CC2CCCOC2)oc1CN. The van der Waals surface area contributed by atoms with Crippen molar-refractivity contribution in [3.8, 4) is 0 Å². The van der Waals surface area contributed by atoms with Crippen LogP contribution in [-0.2, 0) is 17.8 Å². The molecule has 1 aromatic heterocycles. The van der Waals surface area contributed by atoms with Gasteiger partial charge in [0.05, 0.1) is 19.7 Å². The molecule has 0 saturated carbocycles. The van der Waals surface area contributed by atoms with Crippen LogP contribution < -0.4 is 5.73 Å². The molecule has 0 aliphatic carbocycles. The van der Waals surface area contributed by atoms with Gasteiger partial charge in [0.2, 0.25) is 0 Å². The maximum absolute atomic E-state index is 5.73. The van der Waals surface area contributed by atoms with Crippen LogP contribution in [0.4, 0.5) is 0 Å². The zero-order valence-corrected chi connectivity index (χ0v) is 11.4. The van der Waals surface area contributed by atoms with Gasteiger partial charge in [0.25, 0.3) is 0 Å². The largest absolute Gasteiger partial charge is 0.463 e. The molecule has 18 heavy (non-hydrogen) atoms. The molecule has 0 radical (unpaired) electrons. The monoisotopic (exact) mass is 252 g/mol. The summed E-state index contributed by atoms with van der Waals surface area (Å²) in [5.74, 6) is 2.57. The highest BCUT2D eigenvalue weighted by molar-refractivity contribution is 5.19. The minimum absolute atomic E-state index is 0.478. The van der Waals surface area contributed by atoms with Gasteiger partial charge in [-0.2, -0.15) is 0 Å². The van der Waals surface area contributed by atoms with Crippen LogP contribution in [0.2, 0.25) is 0 Å². The van der Waals surface area contributed by atoms with Gasteiger partial charge in [-0.05, 0) is 44.4 Å². The van der Waals surface area contributed by atoms with E-state index in [1.165, 1.54) is 12.8 Å². The molecule has 4 heteroatoms. The van der Waals surface area contributed by atoms with Crippen molar-refractivity contribution in [3.05, 3.63) is 23.2 Å². The number of aryl methyl sites for hydroxylation is 1. The van der Waals surface area contributed by atoms with Crippen molar-refractivity contribution >= 4 is 0 Å². The lowest BCUT2D eigenvalue weighted by Crippen LogP contribution is -2.30. The van der Waals surface area contributed by atoms with E-state index in [9.17, 15) is 0 Å². The Balaban J connectivity index is 1.83. The summed E-state index contributed by atoms with van der Waals surface area (Å²) in [6, 6.07) is 2.09. The van der Waals surface area contributed by atoms with Crippen LogP contribution in [0, 0.1) is 12.8 Å². The second-order valence-electron chi connectivity index (χ2n) is 5.30. The Hall–Kier alpha value is -0.840. The fraction of sp³-hybridized carbons (Fsp3) is 0.714. The van der Waals surface area contributed by atoms with Crippen molar-refractivity contribution in [2.75, 3.05) is 26.8 Å². The molecule has 2 N–H and O–H groups in total. The molecule has 2 heterocycles. The molecule has 102 valence electrons. The first-order chi connectivity index (χ1) is 8.69. The van der Waals surface area contributed by atoms with Crippen molar-refractivity contribution in [3.63, 3.8) is 0 Å². The zero-order valence-electron chi connectivity index (χ0n) is 11.4. The molecule has 1 saturated heterocycles. The molecule has 1 unspecified atom stereocenters. The average Bonchev–Trinajstić information content (AvgIpc) is 2.70. The molecule has 0 amide bonds. The van der Waals surface area contributed by atoms with Crippen molar-refractivity contribution in [2.24, 2.45) is 11.7 Å². The van der Waals surface area contributed by atoms with Crippen LogP contribution in [0.3, 0.4) is 0 Å². The Morgan fingerprint density at radius 2 is 2.33 bits per heavy atom. The maximum Gasteiger partial charge on any atom is 0.120 e. The van der Waals surface area contributed by atoms with Gasteiger partial charge in [-0.25, -0.2) is 0 Å². The highest BCUT2D eigenvalue weighted by Gasteiger charge is 2.17. The quantitative estimate of drug-likeness (QED) is 0.869. The minimum atomic E-state index is 0.478. The van der Waals surface area contributed by atoms with E-state index in [1.807, 2.05) is 6.92 Å². The van der Waals surface area contributed by atoms with Crippen LogP contribution in [0.15, 0.2) is 10.5 Å². The van der Waals surface area contributed by atoms with Crippen LogP contribution in [0.25, 0.3) is 0 Å². The molecule has 1 aromatic rings.